The fraction of sp³-hybridized carbons (Fsp3) is 0.500. The Morgan fingerprint density at radius 1 is 1.50 bits per heavy atom. The van der Waals surface area contributed by atoms with E-state index in [0.717, 1.165) is 11.3 Å². The second-order valence-electron chi connectivity index (χ2n) is 4.86. The number of nitrogens with zero attached hydrogens (tertiary/aromatic N) is 1. The van der Waals surface area contributed by atoms with Gasteiger partial charge in [0.2, 0.25) is 5.91 Å². The summed E-state index contributed by atoms with van der Waals surface area (Å²) in [5.74, 6) is 0.128. The third-order valence-corrected chi connectivity index (χ3v) is 3.38. The van der Waals surface area contributed by atoms with Crippen LogP contribution in [0.1, 0.15) is 31.4 Å². The molecule has 2 atom stereocenters. The van der Waals surface area contributed by atoms with Crippen LogP contribution in [0.15, 0.2) is 24.3 Å². The molecule has 2 N–H and O–H groups in total. The molecule has 4 heteroatoms. The minimum absolute atomic E-state index is 0.0589. The molecule has 0 aliphatic carbocycles. The van der Waals surface area contributed by atoms with Crippen LogP contribution < -0.4 is 10.2 Å². The Bertz CT molecular complexity index is 432. The summed E-state index contributed by atoms with van der Waals surface area (Å²) in [7, 11) is 1.81. The normalized spacial score (nSPS) is 20.7. The van der Waals surface area contributed by atoms with Crippen LogP contribution in [0.25, 0.3) is 0 Å². The highest BCUT2D eigenvalue weighted by Crippen LogP contribution is 2.33. The predicted octanol–water partition coefficient (Wildman–Crippen LogP) is 1.45. The second-order valence-corrected chi connectivity index (χ2v) is 4.86. The van der Waals surface area contributed by atoms with E-state index in [-0.39, 0.29) is 18.1 Å². The van der Waals surface area contributed by atoms with Crippen LogP contribution in [0.5, 0.6) is 0 Å². The SMILES string of the molecule is CC(O)CCNC1CC(=O)N(C)c2ccccc21. The molecule has 4 nitrogen and oxygen atoms in total. The van der Waals surface area contributed by atoms with E-state index in [1.54, 1.807) is 11.8 Å². The summed E-state index contributed by atoms with van der Waals surface area (Å²) in [5.41, 5.74) is 2.13. The van der Waals surface area contributed by atoms with Gasteiger partial charge in [0.15, 0.2) is 0 Å². The van der Waals surface area contributed by atoms with Crippen LogP contribution in [0.3, 0.4) is 0 Å². The van der Waals surface area contributed by atoms with Crippen LogP contribution in [0.2, 0.25) is 0 Å². The van der Waals surface area contributed by atoms with Gasteiger partial charge in [0.05, 0.1) is 6.10 Å². The van der Waals surface area contributed by atoms with Gasteiger partial charge in [-0.1, -0.05) is 18.2 Å². The molecule has 98 valence electrons. The van der Waals surface area contributed by atoms with Crippen molar-refractivity contribution in [2.24, 2.45) is 0 Å². The average Bonchev–Trinajstić information content (AvgIpc) is 2.35. The summed E-state index contributed by atoms with van der Waals surface area (Å²) in [4.78, 5) is 13.6. The third kappa shape index (κ3) is 2.71. The van der Waals surface area contributed by atoms with E-state index in [9.17, 15) is 9.90 Å². The summed E-state index contributed by atoms with van der Waals surface area (Å²) in [5, 5.41) is 12.6. The number of hydrogen-bond acceptors (Lipinski definition) is 3. The molecule has 1 aliphatic rings. The number of benzene rings is 1. The van der Waals surface area contributed by atoms with Crippen molar-refractivity contribution in [2.45, 2.75) is 31.9 Å². The smallest absolute Gasteiger partial charge is 0.228 e. The summed E-state index contributed by atoms with van der Waals surface area (Å²) in [6.07, 6.45) is 0.866. The van der Waals surface area contributed by atoms with Gasteiger partial charge in [-0.2, -0.15) is 0 Å². The highest BCUT2D eigenvalue weighted by atomic mass is 16.3. The minimum Gasteiger partial charge on any atom is -0.393 e. The molecule has 1 heterocycles. The molecule has 0 aromatic heterocycles. The van der Waals surface area contributed by atoms with Crippen molar-refractivity contribution < 1.29 is 9.90 Å². The molecule has 1 aliphatic heterocycles. The summed E-state index contributed by atoms with van der Waals surface area (Å²) in [6, 6.07) is 8.02. The molecule has 0 saturated carbocycles. The standard InChI is InChI=1S/C14H20N2O2/c1-10(17)7-8-15-12-9-14(18)16(2)13-6-4-3-5-11(12)13/h3-6,10,12,15,17H,7-9H2,1-2H3. The third-order valence-electron chi connectivity index (χ3n) is 3.38. The van der Waals surface area contributed by atoms with E-state index >= 15 is 0 Å². The number of carbonyl (C=O) groups is 1. The molecule has 0 fully saturated rings. The Morgan fingerprint density at radius 3 is 2.94 bits per heavy atom. The largest absolute Gasteiger partial charge is 0.393 e. The maximum atomic E-state index is 11.9. The van der Waals surface area contributed by atoms with Gasteiger partial charge >= 0.3 is 0 Å². The van der Waals surface area contributed by atoms with Gasteiger partial charge in [-0.05, 0) is 31.5 Å². The number of aliphatic hydroxyl groups is 1. The Balaban J connectivity index is 2.12. The predicted molar refractivity (Wildman–Crippen MR) is 71.5 cm³/mol. The first-order chi connectivity index (χ1) is 8.59. The first-order valence-corrected chi connectivity index (χ1v) is 6.36. The summed E-state index contributed by atoms with van der Waals surface area (Å²) >= 11 is 0. The Kier molecular flexibility index (Phi) is 3.99. The van der Waals surface area contributed by atoms with Crippen LogP contribution >= 0.6 is 0 Å². The van der Waals surface area contributed by atoms with E-state index < -0.39 is 0 Å². The molecule has 0 saturated heterocycles. The van der Waals surface area contributed by atoms with Gasteiger partial charge in [-0.15, -0.1) is 0 Å². The van der Waals surface area contributed by atoms with E-state index in [1.165, 1.54) is 0 Å². The number of amides is 1. The van der Waals surface area contributed by atoms with Crippen molar-refractivity contribution in [1.82, 2.24) is 5.32 Å². The molecule has 18 heavy (non-hydrogen) atoms. The fourth-order valence-electron chi connectivity index (χ4n) is 2.29. The molecule has 2 unspecified atom stereocenters. The zero-order valence-corrected chi connectivity index (χ0v) is 10.9. The number of hydrogen-bond donors (Lipinski definition) is 2. The summed E-state index contributed by atoms with van der Waals surface area (Å²) < 4.78 is 0. The maximum absolute atomic E-state index is 11.9. The van der Waals surface area contributed by atoms with Crippen molar-refractivity contribution in [3.05, 3.63) is 29.8 Å². The zero-order valence-electron chi connectivity index (χ0n) is 10.9. The first-order valence-electron chi connectivity index (χ1n) is 6.36. The maximum Gasteiger partial charge on any atom is 0.228 e. The molecule has 1 amide bonds. The lowest BCUT2D eigenvalue weighted by atomic mass is 9.96. The van der Waals surface area contributed by atoms with E-state index in [0.29, 0.717) is 19.4 Å². The van der Waals surface area contributed by atoms with E-state index in [1.807, 2.05) is 25.2 Å². The number of carbonyl (C=O) groups excluding carboxylic acids is 1. The minimum atomic E-state index is -0.310. The lowest BCUT2D eigenvalue weighted by molar-refractivity contribution is -0.119. The van der Waals surface area contributed by atoms with Crippen molar-refractivity contribution in [1.29, 1.82) is 0 Å². The second kappa shape index (κ2) is 5.50. The highest BCUT2D eigenvalue weighted by molar-refractivity contribution is 5.96. The Hall–Kier alpha value is -1.39. The van der Waals surface area contributed by atoms with Gasteiger partial charge < -0.3 is 15.3 Å². The summed E-state index contributed by atoms with van der Waals surface area (Å²) in [6.45, 7) is 2.49. The first kappa shape index (κ1) is 13.1. The van der Waals surface area contributed by atoms with E-state index in [4.69, 9.17) is 0 Å². The molecule has 0 spiro atoms. The molecule has 2 rings (SSSR count). The van der Waals surface area contributed by atoms with Crippen molar-refractivity contribution in [3.63, 3.8) is 0 Å². The van der Waals surface area contributed by atoms with Crippen molar-refractivity contribution in [3.8, 4) is 0 Å². The molecule has 0 bridgehead atoms. The Labute approximate surface area is 108 Å². The molecular formula is C14H20N2O2. The monoisotopic (exact) mass is 248 g/mol. The topological polar surface area (TPSA) is 52.6 Å². The molecular weight excluding hydrogens is 228 g/mol. The quantitative estimate of drug-likeness (QED) is 0.848. The molecule has 0 radical (unpaired) electrons. The van der Waals surface area contributed by atoms with E-state index in [2.05, 4.69) is 11.4 Å². The van der Waals surface area contributed by atoms with Crippen LogP contribution in [-0.2, 0) is 4.79 Å². The van der Waals surface area contributed by atoms with Crippen molar-refractivity contribution >= 4 is 11.6 Å². The number of nitrogens with one attached hydrogen (secondary N) is 1. The lowest BCUT2D eigenvalue weighted by Gasteiger charge is -2.32. The van der Waals surface area contributed by atoms with Gasteiger partial charge in [-0.3, -0.25) is 4.79 Å². The highest BCUT2D eigenvalue weighted by Gasteiger charge is 2.28. The number of para-hydroxylation sites is 1. The number of rotatable bonds is 4. The zero-order chi connectivity index (χ0) is 13.1. The number of fused-ring (bicyclic) bond motifs is 1. The Morgan fingerprint density at radius 2 is 2.22 bits per heavy atom. The van der Waals surface area contributed by atoms with Gasteiger partial charge in [0, 0.05) is 25.2 Å². The lowest BCUT2D eigenvalue weighted by Crippen LogP contribution is -2.38. The molecule has 1 aromatic carbocycles. The van der Waals surface area contributed by atoms with Gasteiger partial charge in [0.1, 0.15) is 0 Å². The number of aliphatic hydroxyl groups excluding tert-OH is 1. The van der Waals surface area contributed by atoms with Crippen molar-refractivity contribution in [2.75, 3.05) is 18.5 Å². The molecule has 1 aromatic rings. The van der Waals surface area contributed by atoms with Crippen LogP contribution in [0.4, 0.5) is 5.69 Å². The van der Waals surface area contributed by atoms with Gasteiger partial charge in [0.25, 0.3) is 0 Å². The van der Waals surface area contributed by atoms with Crippen LogP contribution in [0, 0.1) is 0 Å². The van der Waals surface area contributed by atoms with Gasteiger partial charge in [-0.25, -0.2) is 0 Å². The fourth-order valence-corrected chi connectivity index (χ4v) is 2.29. The van der Waals surface area contributed by atoms with Crippen LogP contribution in [-0.4, -0.2) is 30.7 Å². The number of anilines is 1. The average molecular weight is 248 g/mol.